The van der Waals surface area contributed by atoms with Crippen molar-refractivity contribution in [3.05, 3.63) is 0 Å². The summed E-state index contributed by atoms with van der Waals surface area (Å²) < 4.78 is 45.7. The van der Waals surface area contributed by atoms with Gasteiger partial charge in [0.05, 0.1) is 0 Å². The maximum Gasteiger partial charge on any atom is 0.299 e. The van der Waals surface area contributed by atoms with Gasteiger partial charge in [-0.1, -0.05) is 0 Å². The van der Waals surface area contributed by atoms with E-state index in [1.54, 1.807) is 0 Å². The van der Waals surface area contributed by atoms with Crippen molar-refractivity contribution < 1.29 is 26.6 Å². The monoisotopic (exact) mass is 192 g/mol. The molecule has 0 aromatic rings. The van der Waals surface area contributed by atoms with E-state index in [2.05, 4.69) is 0 Å². The third-order valence-electron chi connectivity index (χ3n) is 0. The summed E-state index contributed by atoms with van der Waals surface area (Å²) in [6, 6.07) is 0. The standard InChI is InChI=1S/N2.2H2O3S/c1-2;2*1-4(2)3/h;2*(H2,1,2,3). The van der Waals surface area contributed by atoms with E-state index in [1.165, 1.54) is 0 Å². The first-order valence-electron chi connectivity index (χ1n) is 1.26. The lowest BCUT2D eigenvalue weighted by molar-refractivity contribution is 0.452. The van der Waals surface area contributed by atoms with Gasteiger partial charge in [0.15, 0.2) is 0 Å². The molecule has 0 aliphatic rings. The first kappa shape index (κ1) is 16.3. The first-order chi connectivity index (χ1) is 4.46. The third kappa shape index (κ3) is 1680. The van der Waals surface area contributed by atoms with Gasteiger partial charge in [0.25, 0.3) is 22.7 Å². The Hall–Kier alpha value is -0.440. The molecular formula is H4N2O6S2. The molecule has 10 heteroatoms. The van der Waals surface area contributed by atoms with Gasteiger partial charge >= 0.3 is 0 Å². The number of hydrogen-bond acceptors (Lipinski definition) is 4. The molecule has 0 aromatic carbocycles. The Labute approximate surface area is 60.9 Å². The van der Waals surface area contributed by atoms with Crippen LogP contribution in [0.1, 0.15) is 0 Å². The van der Waals surface area contributed by atoms with Gasteiger partial charge in [-0.25, -0.2) is 0 Å². The van der Waals surface area contributed by atoms with Crippen LogP contribution in [0.4, 0.5) is 0 Å². The normalized spacial score (nSPS) is 7.20. The van der Waals surface area contributed by atoms with E-state index >= 15 is 0 Å². The predicted molar refractivity (Wildman–Crippen MR) is 30.2 cm³/mol. The van der Waals surface area contributed by atoms with Crippen molar-refractivity contribution in [3.8, 4) is 0 Å². The van der Waals surface area contributed by atoms with Gasteiger partial charge in [0.1, 0.15) is 0 Å². The molecule has 0 rings (SSSR count). The van der Waals surface area contributed by atoms with Crippen molar-refractivity contribution >= 4 is 22.7 Å². The Morgan fingerprint density at radius 1 is 0.800 bits per heavy atom. The van der Waals surface area contributed by atoms with E-state index < -0.39 is 22.7 Å². The lowest BCUT2D eigenvalue weighted by atomic mass is 13.4. The molecule has 10 heavy (non-hydrogen) atoms. The van der Waals surface area contributed by atoms with Crippen LogP contribution in [0.3, 0.4) is 0 Å². The van der Waals surface area contributed by atoms with Crippen molar-refractivity contribution in [3.63, 3.8) is 0 Å². The molecule has 4 N–H and O–H groups in total. The highest BCUT2D eigenvalue weighted by Gasteiger charge is 1.63. The van der Waals surface area contributed by atoms with Gasteiger partial charge < -0.3 is 0 Å². The zero-order chi connectivity index (χ0) is 9.15. The average molecular weight is 192 g/mol. The molecule has 0 radical (unpaired) electrons. The molecule has 0 fully saturated rings. The number of rotatable bonds is 0. The van der Waals surface area contributed by atoms with E-state index in [1.807, 2.05) is 0 Å². The minimum absolute atomic E-state index is 2.61. The summed E-state index contributed by atoms with van der Waals surface area (Å²) in [5.74, 6) is 0. The van der Waals surface area contributed by atoms with Crippen LogP contribution in [-0.4, -0.2) is 26.6 Å². The quantitative estimate of drug-likeness (QED) is 0.291. The van der Waals surface area contributed by atoms with Gasteiger partial charge in [-0.05, 0) is 0 Å². The molecule has 0 unspecified atom stereocenters. The molecule has 0 heterocycles. The van der Waals surface area contributed by atoms with Crippen LogP contribution < -0.4 is 0 Å². The van der Waals surface area contributed by atoms with E-state index in [9.17, 15) is 0 Å². The zero-order valence-electron chi connectivity index (χ0n) is 4.32. The lowest BCUT2D eigenvalue weighted by Crippen LogP contribution is -1.74. The van der Waals surface area contributed by atoms with Gasteiger partial charge in [-0.2, -0.15) is 8.42 Å². The van der Waals surface area contributed by atoms with E-state index in [-0.39, 0.29) is 0 Å². The van der Waals surface area contributed by atoms with Crippen molar-refractivity contribution in [2.45, 2.75) is 0 Å². The van der Waals surface area contributed by atoms with Crippen LogP contribution >= 0.6 is 0 Å². The summed E-state index contributed by atoms with van der Waals surface area (Å²) in [6.45, 7) is 0. The minimum atomic E-state index is -2.61. The molecule has 0 saturated carbocycles. The molecular weight excluding hydrogens is 188 g/mol. The summed E-state index contributed by atoms with van der Waals surface area (Å²) in [5, 5.41) is 12.0. The van der Waals surface area contributed by atoms with Crippen molar-refractivity contribution in [2.75, 3.05) is 0 Å². The summed E-state index contributed by atoms with van der Waals surface area (Å²) in [6.07, 6.45) is 0. The fourth-order valence-electron chi connectivity index (χ4n) is 0. The molecule has 0 aromatic heterocycles. The lowest BCUT2D eigenvalue weighted by Gasteiger charge is -1.59. The highest BCUT2D eigenvalue weighted by Crippen LogP contribution is 1.44. The van der Waals surface area contributed by atoms with E-state index in [0.717, 1.165) is 0 Å². The second kappa shape index (κ2) is 15.8. The molecule has 62 valence electrons. The van der Waals surface area contributed by atoms with Crippen LogP contribution in [0.25, 0.3) is 0 Å². The summed E-state index contributed by atoms with van der Waals surface area (Å²) in [7, 11) is 0. The topological polar surface area (TPSA) is 163 Å². The maximum atomic E-state index is 8.67. The number of hydrogen-bond donors (Lipinski definition) is 4. The fourth-order valence-corrected chi connectivity index (χ4v) is 0. The molecule has 0 atom stereocenters. The Kier molecular flexibility index (Phi) is 25.8. The predicted octanol–water partition coefficient (Wildman–Crippen LogP) is -0.608. The third-order valence-corrected chi connectivity index (χ3v) is 0. The van der Waals surface area contributed by atoms with Crippen LogP contribution in [-0.2, 0) is 22.7 Å². The smallest absolute Gasteiger partial charge is 0.284 e. The fraction of sp³-hybridized carbons (Fsp3) is 0. The van der Waals surface area contributed by atoms with Crippen LogP contribution in [0.2, 0.25) is 0 Å². The van der Waals surface area contributed by atoms with Gasteiger partial charge in [0.2, 0.25) is 0 Å². The summed E-state index contributed by atoms with van der Waals surface area (Å²) in [4.78, 5) is 0. The molecule has 8 nitrogen and oxygen atoms in total. The van der Waals surface area contributed by atoms with Crippen LogP contribution in [0.5, 0.6) is 0 Å². The first-order valence-corrected chi connectivity index (χ1v) is 3.39. The highest BCUT2D eigenvalue weighted by molar-refractivity contribution is 7.73. The molecule has 0 spiro atoms. The summed E-state index contributed by atoms with van der Waals surface area (Å²) >= 11 is -5.22. The van der Waals surface area contributed by atoms with Crippen LogP contribution in [0, 0.1) is 10.8 Å². The van der Waals surface area contributed by atoms with E-state index in [4.69, 9.17) is 37.4 Å². The SMILES string of the molecule is N#N.O=S(O)O.O=S(O)O. The Morgan fingerprint density at radius 2 is 0.800 bits per heavy atom. The van der Waals surface area contributed by atoms with E-state index in [0.29, 0.717) is 0 Å². The number of nitrogens with zero attached hydrogens (tertiary/aromatic N) is 2. The maximum absolute atomic E-state index is 8.67. The molecule has 0 saturated heterocycles. The highest BCUT2D eigenvalue weighted by atomic mass is 32.2. The van der Waals surface area contributed by atoms with Crippen molar-refractivity contribution in [1.82, 2.24) is 0 Å². The Bertz CT molecular complexity index is 98.2. The largest absolute Gasteiger partial charge is 0.299 e. The zero-order valence-corrected chi connectivity index (χ0v) is 5.95. The molecule has 0 amide bonds. The van der Waals surface area contributed by atoms with Gasteiger partial charge in [0, 0.05) is 10.8 Å². The van der Waals surface area contributed by atoms with Gasteiger partial charge in [-0.15, -0.1) is 0 Å². The molecule has 0 aliphatic heterocycles. The summed E-state index contributed by atoms with van der Waals surface area (Å²) in [5.41, 5.74) is 0. The van der Waals surface area contributed by atoms with Crippen molar-refractivity contribution in [2.24, 2.45) is 0 Å². The second-order valence-electron chi connectivity index (χ2n) is 0.461. The Morgan fingerprint density at radius 3 is 0.800 bits per heavy atom. The molecule has 0 aliphatic carbocycles. The van der Waals surface area contributed by atoms with Crippen molar-refractivity contribution in [1.29, 1.82) is 10.8 Å². The second-order valence-corrected chi connectivity index (χ2v) is 1.38. The minimum Gasteiger partial charge on any atom is -0.284 e. The Balaban J connectivity index is -0.0000000787. The average Bonchev–Trinajstić information content (AvgIpc) is 1.66. The molecule has 0 bridgehead atoms. The van der Waals surface area contributed by atoms with Gasteiger partial charge in [-0.3, -0.25) is 18.2 Å². The van der Waals surface area contributed by atoms with Crippen LogP contribution in [0.15, 0.2) is 0 Å².